The van der Waals surface area contributed by atoms with Crippen LogP contribution in [0.15, 0.2) is 0 Å². The molecule has 0 aromatic heterocycles. The first-order chi connectivity index (χ1) is 6.61. The Morgan fingerprint density at radius 1 is 1.36 bits per heavy atom. The van der Waals surface area contributed by atoms with Gasteiger partial charge in [0.05, 0.1) is 7.11 Å². The Morgan fingerprint density at radius 2 is 2.00 bits per heavy atom. The van der Waals surface area contributed by atoms with Gasteiger partial charge in [-0.1, -0.05) is 26.2 Å². The molecule has 1 N–H and O–H groups in total. The Hall–Kier alpha value is -1.06. The standard InChI is InChI=1S/C10H19NO3/c1-4-5-6-7-9(10(13)14-3)11-8(2)12/h9H,4-7H2,1-3H3,(H,11,12)/t9-/m0/s1. The minimum atomic E-state index is -0.482. The average Bonchev–Trinajstić information content (AvgIpc) is 2.15. The van der Waals surface area contributed by atoms with Crippen LogP contribution in [0, 0.1) is 0 Å². The van der Waals surface area contributed by atoms with Crippen molar-refractivity contribution >= 4 is 11.9 Å². The number of ether oxygens (including phenoxy) is 1. The highest BCUT2D eigenvalue weighted by Crippen LogP contribution is 2.04. The lowest BCUT2D eigenvalue weighted by molar-refractivity contribution is -0.145. The summed E-state index contributed by atoms with van der Waals surface area (Å²) in [6.45, 7) is 3.49. The van der Waals surface area contributed by atoms with Crippen LogP contribution >= 0.6 is 0 Å². The van der Waals surface area contributed by atoms with E-state index in [1.54, 1.807) is 0 Å². The van der Waals surface area contributed by atoms with E-state index < -0.39 is 6.04 Å². The molecule has 1 amide bonds. The molecule has 0 aromatic carbocycles. The average molecular weight is 201 g/mol. The van der Waals surface area contributed by atoms with Gasteiger partial charge in [0, 0.05) is 6.92 Å². The van der Waals surface area contributed by atoms with Gasteiger partial charge in [-0.05, 0) is 6.42 Å². The van der Waals surface area contributed by atoms with Crippen molar-refractivity contribution < 1.29 is 14.3 Å². The first kappa shape index (κ1) is 12.9. The van der Waals surface area contributed by atoms with Gasteiger partial charge in [0.2, 0.25) is 5.91 Å². The Kier molecular flexibility index (Phi) is 6.80. The summed E-state index contributed by atoms with van der Waals surface area (Å²) in [5, 5.41) is 2.58. The van der Waals surface area contributed by atoms with Crippen molar-refractivity contribution in [3.63, 3.8) is 0 Å². The van der Waals surface area contributed by atoms with Crippen molar-refractivity contribution in [3.8, 4) is 0 Å². The maximum Gasteiger partial charge on any atom is 0.328 e. The second-order valence-corrected chi connectivity index (χ2v) is 3.27. The van der Waals surface area contributed by atoms with E-state index >= 15 is 0 Å². The Bertz CT molecular complexity index is 192. The molecule has 82 valence electrons. The molecule has 0 rings (SSSR count). The van der Waals surface area contributed by atoms with Crippen LogP contribution in [-0.4, -0.2) is 25.0 Å². The van der Waals surface area contributed by atoms with Crippen molar-refractivity contribution in [1.29, 1.82) is 0 Å². The lowest BCUT2D eigenvalue weighted by Gasteiger charge is -2.14. The van der Waals surface area contributed by atoms with Crippen molar-refractivity contribution in [3.05, 3.63) is 0 Å². The Labute approximate surface area is 85.0 Å². The third-order valence-electron chi connectivity index (χ3n) is 1.96. The molecule has 0 aromatic rings. The number of methoxy groups -OCH3 is 1. The molecular formula is C10H19NO3. The second kappa shape index (κ2) is 7.35. The van der Waals surface area contributed by atoms with Crippen LogP contribution in [0.1, 0.15) is 39.5 Å². The third-order valence-corrected chi connectivity index (χ3v) is 1.96. The molecule has 0 aliphatic carbocycles. The zero-order chi connectivity index (χ0) is 11.0. The quantitative estimate of drug-likeness (QED) is 0.519. The van der Waals surface area contributed by atoms with Crippen LogP contribution in [0.4, 0.5) is 0 Å². The van der Waals surface area contributed by atoms with Gasteiger partial charge in [0.1, 0.15) is 6.04 Å². The van der Waals surface area contributed by atoms with Gasteiger partial charge in [-0.2, -0.15) is 0 Å². The first-order valence-corrected chi connectivity index (χ1v) is 4.96. The molecular weight excluding hydrogens is 182 g/mol. The van der Waals surface area contributed by atoms with E-state index in [0.717, 1.165) is 19.3 Å². The molecule has 0 unspecified atom stereocenters. The zero-order valence-corrected chi connectivity index (χ0v) is 9.13. The molecule has 0 saturated heterocycles. The van der Waals surface area contributed by atoms with Crippen molar-refractivity contribution in [1.82, 2.24) is 5.32 Å². The predicted molar refractivity (Wildman–Crippen MR) is 53.8 cm³/mol. The number of esters is 1. The number of nitrogens with one attached hydrogen (secondary N) is 1. The normalized spacial score (nSPS) is 11.9. The van der Waals surface area contributed by atoms with Gasteiger partial charge in [0.15, 0.2) is 0 Å². The molecule has 0 bridgehead atoms. The van der Waals surface area contributed by atoms with Gasteiger partial charge < -0.3 is 10.1 Å². The lowest BCUT2D eigenvalue weighted by atomic mass is 10.1. The minimum Gasteiger partial charge on any atom is -0.467 e. The van der Waals surface area contributed by atoms with Crippen LogP contribution < -0.4 is 5.32 Å². The summed E-state index contributed by atoms with van der Waals surface area (Å²) >= 11 is 0. The van der Waals surface area contributed by atoms with E-state index in [2.05, 4.69) is 17.0 Å². The molecule has 1 atom stereocenters. The van der Waals surface area contributed by atoms with Crippen molar-refractivity contribution in [2.45, 2.75) is 45.6 Å². The zero-order valence-electron chi connectivity index (χ0n) is 9.13. The van der Waals surface area contributed by atoms with Gasteiger partial charge in [-0.25, -0.2) is 4.79 Å². The molecule has 0 aliphatic rings. The summed E-state index contributed by atoms with van der Waals surface area (Å²) in [7, 11) is 1.33. The molecule has 4 heteroatoms. The number of rotatable bonds is 6. The van der Waals surface area contributed by atoms with Crippen LogP contribution in [0.2, 0.25) is 0 Å². The summed E-state index contributed by atoms with van der Waals surface area (Å²) in [5.41, 5.74) is 0. The van der Waals surface area contributed by atoms with Gasteiger partial charge in [-0.3, -0.25) is 4.79 Å². The molecule has 0 spiro atoms. The highest BCUT2D eigenvalue weighted by Gasteiger charge is 2.18. The van der Waals surface area contributed by atoms with E-state index in [0.29, 0.717) is 6.42 Å². The Balaban J connectivity index is 3.97. The largest absolute Gasteiger partial charge is 0.467 e. The monoisotopic (exact) mass is 201 g/mol. The Morgan fingerprint density at radius 3 is 2.43 bits per heavy atom. The van der Waals surface area contributed by atoms with Gasteiger partial charge >= 0.3 is 5.97 Å². The number of amides is 1. The van der Waals surface area contributed by atoms with E-state index in [1.807, 2.05) is 0 Å². The second-order valence-electron chi connectivity index (χ2n) is 3.27. The minimum absolute atomic E-state index is 0.197. The number of carbonyl (C=O) groups excluding carboxylic acids is 2. The predicted octanol–water partition coefficient (Wildman–Crippen LogP) is 1.24. The highest BCUT2D eigenvalue weighted by atomic mass is 16.5. The van der Waals surface area contributed by atoms with E-state index in [4.69, 9.17) is 0 Å². The topological polar surface area (TPSA) is 55.4 Å². The molecule has 4 nitrogen and oxygen atoms in total. The number of hydrogen-bond acceptors (Lipinski definition) is 3. The number of hydrogen-bond donors (Lipinski definition) is 1. The SMILES string of the molecule is CCCCC[C@H](NC(C)=O)C(=O)OC. The molecule has 0 radical (unpaired) electrons. The van der Waals surface area contributed by atoms with Crippen molar-refractivity contribution in [2.24, 2.45) is 0 Å². The smallest absolute Gasteiger partial charge is 0.328 e. The van der Waals surface area contributed by atoms with Gasteiger partial charge in [0.25, 0.3) is 0 Å². The number of unbranched alkanes of at least 4 members (excludes halogenated alkanes) is 2. The summed E-state index contributed by atoms with van der Waals surface area (Å²) in [5.74, 6) is -0.562. The van der Waals surface area contributed by atoms with Crippen LogP contribution in [0.25, 0.3) is 0 Å². The molecule has 14 heavy (non-hydrogen) atoms. The van der Waals surface area contributed by atoms with Gasteiger partial charge in [-0.15, -0.1) is 0 Å². The fourth-order valence-corrected chi connectivity index (χ4v) is 1.24. The first-order valence-electron chi connectivity index (χ1n) is 4.96. The number of carbonyl (C=O) groups is 2. The molecule has 0 saturated carbocycles. The van der Waals surface area contributed by atoms with Crippen molar-refractivity contribution in [2.75, 3.05) is 7.11 Å². The lowest BCUT2D eigenvalue weighted by Crippen LogP contribution is -2.40. The molecule has 0 fully saturated rings. The van der Waals surface area contributed by atoms with E-state index in [1.165, 1.54) is 14.0 Å². The fourth-order valence-electron chi connectivity index (χ4n) is 1.24. The summed E-state index contributed by atoms with van der Waals surface area (Å²) in [6, 6.07) is -0.482. The summed E-state index contributed by atoms with van der Waals surface area (Å²) < 4.78 is 4.59. The molecule has 0 aliphatic heterocycles. The molecule has 0 heterocycles. The summed E-state index contributed by atoms with van der Waals surface area (Å²) in [6.07, 6.45) is 3.73. The van der Waals surface area contributed by atoms with E-state index in [9.17, 15) is 9.59 Å². The highest BCUT2D eigenvalue weighted by molar-refractivity contribution is 5.83. The summed E-state index contributed by atoms with van der Waals surface area (Å²) in [4.78, 5) is 22.0. The fraction of sp³-hybridized carbons (Fsp3) is 0.800. The maximum absolute atomic E-state index is 11.2. The van der Waals surface area contributed by atoms with E-state index in [-0.39, 0.29) is 11.9 Å². The van der Waals surface area contributed by atoms with Crippen LogP contribution in [-0.2, 0) is 14.3 Å². The maximum atomic E-state index is 11.2. The van der Waals surface area contributed by atoms with Crippen LogP contribution in [0.5, 0.6) is 0 Å². The van der Waals surface area contributed by atoms with Crippen LogP contribution in [0.3, 0.4) is 0 Å². The third kappa shape index (κ3) is 5.56.